The summed E-state index contributed by atoms with van der Waals surface area (Å²) in [6.45, 7) is 2.64. The van der Waals surface area contributed by atoms with E-state index in [1.54, 1.807) is 24.3 Å². The first-order valence-corrected chi connectivity index (χ1v) is 11.7. The molecule has 1 aliphatic carbocycles. The fourth-order valence-electron chi connectivity index (χ4n) is 3.72. The first-order valence-electron chi connectivity index (χ1n) is 11.3. The van der Waals surface area contributed by atoms with Crippen molar-refractivity contribution in [3.05, 3.63) is 54.1 Å². The lowest BCUT2D eigenvalue weighted by Crippen LogP contribution is -2.34. The predicted octanol–water partition coefficient (Wildman–Crippen LogP) is 5.51. The van der Waals surface area contributed by atoms with Crippen LogP contribution in [0.15, 0.2) is 48.5 Å². The highest BCUT2D eigenvalue weighted by Crippen LogP contribution is 2.25. The number of thiocarbonyl (C=S) groups is 1. The molecular formula is C25H31N3O3S. The molecule has 6 nitrogen and oxygen atoms in total. The second-order valence-corrected chi connectivity index (χ2v) is 8.42. The number of carbonyl (C=O) groups is 2. The molecule has 7 heteroatoms. The Hall–Kier alpha value is -2.93. The van der Waals surface area contributed by atoms with E-state index in [2.05, 4.69) is 22.9 Å². The second kappa shape index (κ2) is 12.2. The summed E-state index contributed by atoms with van der Waals surface area (Å²) in [6.07, 6.45) is 7.27. The van der Waals surface area contributed by atoms with Crippen LogP contribution >= 0.6 is 12.2 Å². The summed E-state index contributed by atoms with van der Waals surface area (Å²) in [7, 11) is 0. The van der Waals surface area contributed by atoms with E-state index in [4.69, 9.17) is 17.0 Å². The fourth-order valence-corrected chi connectivity index (χ4v) is 3.93. The van der Waals surface area contributed by atoms with Gasteiger partial charge in [0, 0.05) is 17.3 Å². The first-order chi connectivity index (χ1) is 15.6. The van der Waals surface area contributed by atoms with Gasteiger partial charge in [-0.05, 0) is 61.8 Å². The number of amides is 2. The lowest BCUT2D eigenvalue weighted by atomic mass is 9.88. The summed E-state index contributed by atoms with van der Waals surface area (Å²) in [4.78, 5) is 25.2. The summed E-state index contributed by atoms with van der Waals surface area (Å²) in [5.74, 6) is 0.350. The molecule has 0 spiro atoms. The molecule has 0 unspecified atom stereocenters. The van der Waals surface area contributed by atoms with E-state index in [9.17, 15) is 9.59 Å². The number of unbranched alkanes of at least 4 members (excludes halogenated alkanes) is 1. The van der Waals surface area contributed by atoms with Crippen LogP contribution in [-0.2, 0) is 4.79 Å². The summed E-state index contributed by atoms with van der Waals surface area (Å²) in [5, 5.41) is 8.89. The van der Waals surface area contributed by atoms with Crippen LogP contribution in [0.25, 0.3) is 0 Å². The molecule has 0 atom stereocenters. The van der Waals surface area contributed by atoms with Crippen LogP contribution < -0.4 is 20.7 Å². The summed E-state index contributed by atoms with van der Waals surface area (Å²) >= 11 is 5.32. The Morgan fingerprint density at radius 2 is 1.72 bits per heavy atom. The lowest BCUT2D eigenvalue weighted by molar-refractivity contribution is -0.120. The number of benzene rings is 2. The number of hydrogen-bond donors (Lipinski definition) is 3. The zero-order valence-corrected chi connectivity index (χ0v) is 19.3. The zero-order chi connectivity index (χ0) is 22.8. The maximum absolute atomic E-state index is 12.7. The van der Waals surface area contributed by atoms with E-state index in [1.807, 2.05) is 24.3 Å². The molecule has 0 heterocycles. The Bertz CT molecular complexity index is 942. The molecule has 2 amide bonds. The molecule has 0 bridgehead atoms. The zero-order valence-electron chi connectivity index (χ0n) is 18.5. The molecule has 32 heavy (non-hydrogen) atoms. The third kappa shape index (κ3) is 7.05. The van der Waals surface area contributed by atoms with Gasteiger partial charge in [0.05, 0.1) is 12.2 Å². The molecule has 0 radical (unpaired) electrons. The van der Waals surface area contributed by atoms with Gasteiger partial charge in [-0.1, -0.05) is 50.8 Å². The monoisotopic (exact) mass is 453 g/mol. The molecule has 1 fully saturated rings. The average Bonchev–Trinajstić information content (AvgIpc) is 2.80. The molecule has 1 aliphatic rings. The van der Waals surface area contributed by atoms with Crippen LogP contribution in [0.5, 0.6) is 5.75 Å². The van der Waals surface area contributed by atoms with Gasteiger partial charge in [0.1, 0.15) is 5.75 Å². The fraction of sp³-hybridized carbons (Fsp3) is 0.400. The Kier molecular flexibility index (Phi) is 9.04. The van der Waals surface area contributed by atoms with Gasteiger partial charge in [0.15, 0.2) is 5.11 Å². The molecular weight excluding hydrogens is 422 g/mol. The number of anilines is 2. The number of hydrogen-bond acceptors (Lipinski definition) is 4. The molecule has 0 aromatic heterocycles. The summed E-state index contributed by atoms with van der Waals surface area (Å²) < 4.78 is 5.74. The normalized spacial score (nSPS) is 13.8. The van der Waals surface area contributed by atoms with Gasteiger partial charge in [-0.25, -0.2) is 0 Å². The lowest BCUT2D eigenvalue weighted by Gasteiger charge is -2.21. The highest BCUT2D eigenvalue weighted by molar-refractivity contribution is 7.80. The molecule has 1 saturated carbocycles. The van der Waals surface area contributed by atoms with Crippen LogP contribution in [0.4, 0.5) is 11.4 Å². The SMILES string of the molecule is CCCCOc1ccccc1C(=O)NC(=S)Nc1cccc(NC(=O)C2CCCCC2)c1. The van der Waals surface area contributed by atoms with Crippen molar-refractivity contribution in [3.63, 3.8) is 0 Å². The summed E-state index contributed by atoms with van der Waals surface area (Å²) in [6, 6.07) is 14.4. The smallest absolute Gasteiger partial charge is 0.261 e. The van der Waals surface area contributed by atoms with Crippen molar-refractivity contribution in [1.82, 2.24) is 5.32 Å². The van der Waals surface area contributed by atoms with Crippen molar-refractivity contribution in [3.8, 4) is 5.75 Å². The van der Waals surface area contributed by atoms with Gasteiger partial charge in [-0.2, -0.15) is 0 Å². The quantitative estimate of drug-likeness (QED) is 0.363. The van der Waals surface area contributed by atoms with Gasteiger partial charge in [0.2, 0.25) is 5.91 Å². The topological polar surface area (TPSA) is 79.5 Å². The highest BCUT2D eigenvalue weighted by atomic mass is 32.1. The minimum Gasteiger partial charge on any atom is -0.493 e. The third-order valence-corrected chi connectivity index (χ3v) is 5.68. The van der Waals surface area contributed by atoms with E-state index in [-0.39, 0.29) is 22.8 Å². The largest absolute Gasteiger partial charge is 0.493 e. The van der Waals surface area contributed by atoms with Gasteiger partial charge < -0.3 is 15.4 Å². The molecule has 3 N–H and O–H groups in total. The van der Waals surface area contributed by atoms with Crippen LogP contribution in [0.1, 0.15) is 62.2 Å². The number of carbonyl (C=O) groups excluding carboxylic acids is 2. The Morgan fingerprint density at radius 3 is 2.47 bits per heavy atom. The van der Waals surface area contributed by atoms with E-state index >= 15 is 0 Å². The first kappa shape index (κ1) is 23.7. The third-order valence-electron chi connectivity index (χ3n) is 5.48. The van der Waals surface area contributed by atoms with Crippen molar-refractivity contribution >= 4 is 40.5 Å². The van der Waals surface area contributed by atoms with E-state index in [0.717, 1.165) is 38.5 Å². The number of para-hydroxylation sites is 1. The van der Waals surface area contributed by atoms with Gasteiger partial charge in [-0.15, -0.1) is 0 Å². The molecule has 2 aromatic carbocycles. The molecule has 0 aliphatic heterocycles. The van der Waals surface area contributed by atoms with E-state index < -0.39 is 0 Å². The molecule has 2 aromatic rings. The Balaban J connectivity index is 1.56. The molecule has 170 valence electrons. The average molecular weight is 454 g/mol. The van der Waals surface area contributed by atoms with Crippen LogP contribution in [0.3, 0.4) is 0 Å². The van der Waals surface area contributed by atoms with Crippen molar-refractivity contribution in [2.75, 3.05) is 17.2 Å². The molecule has 3 rings (SSSR count). The van der Waals surface area contributed by atoms with E-state index in [1.165, 1.54) is 6.42 Å². The maximum atomic E-state index is 12.7. The number of rotatable bonds is 8. The maximum Gasteiger partial charge on any atom is 0.261 e. The predicted molar refractivity (Wildman–Crippen MR) is 132 cm³/mol. The van der Waals surface area contributed by atoms with Crippen molar-refractivity contribution in [2.45, 2.75) is 51.9 Å². The van der Waals surface area contributed by atoms with Crippen molar-refractivity contribution in [2.24, 2.45) is 5.92 Å². The highest BCUT2D eigenvalue weighted by Gasteiger charge is 2.21. The minimum absolute atomic E-state index is 0.0670. The standard InChI is InChI=1S/C25H31N3O3S/c1-2-3-16-31-22-15-8-7-14-21(22)24(30)28-25(32)27-20-13-9-12-19(17-20)26-23(29)18-10-5-4-6-11-18/h7-9,12-15,17-18H,2-6,10-11,16H2,1H3,(H,26,29)(H2,27,28,30,32). The molecule has 0 saturated heterocycles. The van der Waals surface area contributed by atoms with Crippen molar-refractivity contribution in [1.29, 1.82) is 0 Å². The number of nitrogens with one attached hydrogen (secondary N) is 3. The van der Waals surface area contributed by atoms with Gasteiger partial charge in [-0.3, -0.25) is 14.9 Å². The number of ether oxygens (including phenoxy) is 1. The minimum atomic E-state index is -0.337. The second-order valence-electron chi connectivity index (χ2n) is 8.01. The Morgan fingerprint density at radius 1 is 1.00 bits per heavy atom. The van der Waals surface area contributed by atoms with Crippen LogP contribution in [0, 0.1) is 5.92 Å². The van der Waals surface area contributed by atoms with Gasteiger partial charge in [0.25, 0.3) is 5.91 Å². The Labute approximate surface area is 195 Å². The van der Waals surface area contributed by atoms with Crippen LogP contribution in [-0.4, -0.2) is 23.5 Å². The summed E-state index contributed by atoms with van der Waals surface area (Å²) in [5.41, 5.74) is 1.82. The van der Waals surface area contributed by atoms with Gasteiger partial charge >= 0.3 is 0 Å². The van der Waals surface area contributed by atoms with E-state index in [0.29, 0.717) is 29.3 Å². The van der Waals surface area contributed by atoms with Crippen LogP contribution in [0.2, 0.25) is 0 Å². The van der Waals surface area contributed by atoms with Crippen molar-refractivity contribution < 1.29 is 14.3 Å².